The zero-order chi connectivity index (χ0) is 40.3. The normalized spacial score (nSPS) is 17.6. The molecule has 3 aliphatic heterocycles. The third kappa shape index (κ3) is 8.18. The van der Waals surface area contributed by atoms with Crippen LogP contribution in [-0.2, 0) is 9.53 Å². The van der Waals surface area contributed by atoms with E-state index in [0.29, 0.717) is 89.1 Å². The number of fused-ring (bicyclic) bond motifs is 2. The van der Waals surface area contributed by atoms with Gasteiger partial charge < -0.3 is 28.9 Å². The molecule has 2 aromatic carbocycles. The molecular formula is C41H39F2N11O4. The predicted molar refractivity (Wildman–Crippen MR) is 211 cm³/mol. The molecule has 0 spiro atoms. The third-order valence-corrected chi connectivity index (χ3v) is 10.5. The fourth-order valence-corrected chi connectivity index (χ4v) is 7.61. The Hall–Kier alpha value is -6.43. The Morgan fingerprint density at radius 3 is 1.67 bits per heavy atom. The number of ketones is 1. The molecule has 17 heteroatoms. The number of halogens is 2. The maximum absolute atomic E-state index is 14.7. The van der Waals surface area contributed by atoms with Crippen LogP contribution in [0.3, 0.4) is 0 Å². The van der Waals surface area contributed by atoms with Crippen molar-refractivity contribution in [1.82, 2.24) is 35.6 Å². The Labute approximate surface area is 332 Å². The van der Waals surface area contributed by atoms with Crippen molar-refractivity contribution in [3.8, 4) is 22.9 Å². The SMILES string of the molecule is [C-]#[N+]c1cc(F)c2nc(N3CCC(=O)CC3)c(-c3nc(C)no3)cc2c1.[C-]#[N+]c1cc(F)c2nc(N3CCC(N[C@@H]4CCCOC4)CC3)c(-c3nc(C)no3)cc2c1. The predicted octanol–water partition coefficient (Wildman–Crippen LogP) is 7.47. The Balaban J connectivity index is 0.000000165. The van der Waals surface area contributed by atoms with E-state index in [2.05, 4.69) is 50.2 Å². The van der Waals surface area contributed by atoms with Gasteiger partial charge in [0.25, 0.3) is 11.8 Å². The van der Waals surface area contributed by atoms with E-state index in [0.717, 1.165) is 52.0 Å². The van der Waals surface area contributed by atoms with Crippen LogP contribution in [0.2, 0.25) is 0 Å². The molecule has 0 radical (unpaired) electrons. The van der Waals surface area contributed by atoms with E-state index in [1.165, 1.54) is 12.1 Å². The number of aryl methyl sites for hydroxylation is 2. The molecule has 6 aromatic rings. The Bertz CT molecular complexity index is 2570. The van der Waals surface area contributed by atoms with Crippen LogP contribution in [0.4, 0.5) is 31.8 Å². The largest absolute Gasteiger partial charge is 0.380 e. The van der Waals surface area contributed by atoms with Gasteiger partial charge in [0.15, 0.2) is 23.0 Å². The first-order chi connectivity index (χ1) is 28.1. The van der Waals surface area contributed by atoms with Crippen LogP contribution in [0.15, 0.2) is 45.4 Å². The summed E-state index contributed by atoms with van der Waals surface area (Å²) in [6, 6.07) is 9.96. The maximum Gasteiger partial charge on any atom is 0.261 e. The summed E-state index contributed by atoms with van der Waals surface area (Å²) in [6.07, 6.45) is 5.00. The van der Waals surface area contributed by atoms with Crippen LogP contribution < -0.4 is 15.1 Å². The summed E-state index contributed by atoms with van der Waals surface area (Å²) in [7, 11) is 0. The Morgan fingerprint density at radius 2 is 1.22 bits per heavy atom. The molecule has 0 aliphatic carbocycles. The van der Waals surface area contributed by atoms with E-state index in [1.54, 1.807) is 38.1 Å². The van der Waals surface area contributed by atoms with Gasteiger partial charge in [-0.2, -0.15) is 9.97 Å². The Morgan fingerprint density at radius 1 is 0.707 bits per heavy atom. The number of pyridine rings is 2. The second-order valence-corrected chi connectivity index (χ2v) is 14.6. The summed E-state index contributed by atoms with van der Waals surface area (Å²) in [5, 5.41) is 12.5. The van der Waals surface area contributed by atoms with Crippen LogP contribution in [-0.4, -0.2) is 87.5 Å². The summed E-state index contributed by atoms with van der Waals surface area (Å²) in [4.78, 5) is 40.1. The van der Waals surface area contributed by atoms with Gasteiger partial charge in [0.2, 0.25) is 0 Å². The van der Waals surface area contributed by atoms with Gasteiger partial charge in [0.05, 0.1) is 30.9 Å². The van der Waals surface area contributed by atoms with Gasteiger partial charge in [-0.15, -0.1) is 0 Å². The van der Waals surface area contributed by atoms with Crippen LogP contribution in [0, 0.1) is 38.6 Å². The molecule has 1 atom stereocenters. The smallest absolute Gasteiger partial charge is 0.261 e. The molecule has 58 heavy (non-hydrogen) atoms. The molecular weight excluding hydrogens is 749 g/mol. The van der Waals surface area contributed by atoms with Crippen molar-refractivity contribution in [2.45, 2.75) is 64.5 Å². The quantitative estimate of drug-likeness (QED) is 0.166. The lowest BCUT2D eigenvalue weighted by Gasteiger charge is -2.36. The highest BCUT2D eigenvalue weighted by atomic mass is 19.1. The maximum atomic E-state index is 14.7. The van der Waals surface area contributed by atoms with Crippen molar-refractivity contribution in [3.63, 3.8) is 0 Å². The molecule has 7 heterocycles. The first-order valence-corrected chi connectivity index (χ1v) is 19.2. The lowest BCUT2D eigenvalue weighted by molar-refractivity contribution is -0.119. The van der Waals surface area contributed by atoms with E-state index < -0.39 is 11.6 Å². The van der Waals surface area contributed by atoms with Crippen molar-refractivity contribution in [2.24, 2.45) is 0 Å². The lowest BCUT2D eigenvalue weighted by atomic mass is 10.0. The number of hydrogen-bond acceptors (Lipinski definition) is 13. The van der Waals surface area contributed by atoms with E-state index in [1.807, 2.05) is 4.90 Å². The lowest BCUT2D eigenvalue weighted by Crippen LogP contribution is -2.48. The van der Waals surface area contributed by atoms with Crippen molar-refractivity contribution >= 4 is 50.6 Å². The highest BCUT2D eigenvalue weighted by Crippen LogP contribution is 2.37. The van der Waals surface area contributed by atoms with Gasteiger partial charge in [-0.25, -0.2) is 28.4 Å². The van der Waals surface area contributed by atoms with E-state index in [4.69, 9.17) is 26.9 Å². The molecule has 0 bridgehead atoms. The van der Waals surface area contributed by atoms with Gasteiger partial charge >= 0.3 is 0 Å². The summed E-state index contributed by atoms with van der Waals surface area (Å²) in [6.45, 7) is 22.0. The molecule has 4 aromatic heterocycles. The number of ether oxygens (including phenoxy) is 1. The van der Waals surface area contributed by atoms with Gasteiger partial charge in [-0.05, 0) is 86.7 Å². The molecule has 3 fully saturated rings. The monoisotopic (exact) mass is 787 g/mol. The highest BCUT2D eigenvalue weighted by molar-refractivity contribution is 5.92. The standard InChI is InChI=1S/C23H25FN6O2.C18H14FN5O2/c1-14-26-23(32-29-14)19-11-15-10-18(25-2)12-20(24)21(15)28-22(19)30-7-5-16(6-8-30)27-17-4-3-9-31-13-17;1-10-21-18(26-23-10)14-8-11-7-12(20-2)9-15(19)16(11)22-17(14)24-5-3-13(25)4-6-24/h10-12,16-17,27H,3-9,13H2,1H3;7-9H,3-6H2,1H3/t17-;/m1./s1. The van der Waals surface area contributed by atoms with Gasteiger partial charge in [0, 0.05) is 57.7 Å². The number of carbonyl (C=O) groups is 1. The number of benzene rings is 2. The molecule has 0 amide bonds. The Kier molecular flexibility index (Phi) is 11.0. The summed E-state index contributed by atoms with van der Waals surface area (Å²) >= 11 is 0. The molecule has 15 nitrogen and oxygen atoms in total. The number of nitrogens with one attached hydrogen (secondary N) is 1. The van der Waals surface area contributed by atoms with Gasteiger partial charge in [-0.3, -0.25) is 4.79 Å². The summed E-state index contributed by atoms with van der Waals surface area (Å²) < 4.78 is 45.5. The topological polar surface area (TPSA) is 157 Å². The number of piperidine rings is 2. The average Bonchev–Trinajstić information content (AvgIpc) is 3.89. The molecule has 296 valence electrons. The number of anilines is 2. The van der Waals surface area contributed by atoms with E-state index in [-0.39, 0.29) is 34.1 Å². The fraction of sp³-hybridized carbons (Fsp3) is 0.390. The first-order valence-electron chi connectivity index (χ1n) is 19.2. The zero-order valence-electron chi connectivity index (χ0n) is 32.0. The van der Waals surface area contributed by atoms with Gasteiger partial charge in [-0.1, -0.05) is 10.3 Å². The van der Waals surface area contributed by atoms with E-state index >= 15 is 0 Å². The highest BCUT2D eigenvalue weighted by Gasteiger charge is 2.28. The van der Waals surface area contributed by atoms with E-state index in [9.17, 15) is 13.6 Å². The average molecular weight is 788 g/mol. The number of Topliss-reactive ketones (excluding diaryl/α,β-unsaturated/α-hetero) is 1. The number of rotatable bonds is 6. The van der Waals surface area contributed by atoms with Gasteiger partial charge in [0.1, 0.15) is 40.1 Å². The number of aromatic nitrogens is 6. The number of hydrogen-bond donors (Lipinski definition) is 1. The second-order valence-electron chi connectivity index (χ2n) is 14.6. The summed E-state index contributed by atoms with van der Waals surface area (Å²) in [5.74, 6) is 1.89. The third-order valence-electron chi connectivity index (χ3n) is 10.5. The minimum absolute atomic E-state index is 0.171. The molecule has 3 saturated heterocycles. The minimum Gasteiger partial charge on any atom is -0.380 e. The molecule has 0 unspecified atom stereocenters. The zero-order valence-corrected chi connectivity index (χ0v) is 32.0. The van der Waals surface area contributed by atoms with Crippen LogP contribution in [0.25, 0.3) is 54.4 Å². The molecule has 0 saturated carbocycles. The van der Waals surface area contributed by atoms with Crippen molar-refractivity contribution in [2.75, 3.05) is 49.2 Å². The van der Waals surface area contributed by atoms with Crippen LogP contribution in [0.1, 0.15) is 50.2 Å². The molecule has 1 N–H and O–H groups in total. The van der Waals surface area contributed by atoms with Crippen molar-refractivity contribution < 1.29 is 27.4 Å². The number of nitrogens with zero attached hydrogens (tertiary/aromatic N) is 10. The molecule has 9 rings (SSSR count). The van der Waals surface area contributed by atoms with Crippen LogP contribution in [0.5, 0.6) is 0 Å². The molecule has 3 aliphatic rings. The second kappa shape index (κ2) is 16.6. The first kappa shape index (κ1) is 38.4. The number of carbonyl (C=O) groups excluding carboxylic acids is 1. The van der Waals surface area contributed by atoms with Crippen molar-refractivity contribution in [3.05, 3.63) is 82.5 Å². The van der Waals surface area contributed by atoms with Crippen molar-refractivity contribution in [1.29, 1.82) is 0 Å². The summed E-state index contributed by atoms with van der Waals surface area (Å²) in [5.41, 5.74) is 2.06. The fourth-order valence-electron chi connectivity index (χ4n) is 7.61. The van der Waals surface area contributed by atoms with Crippen LogP contribution >= 0.6 is 0 Å². The minimum atomic E-state index is -0.559.